The van der Waals surface area contributed by atoms with Crippen molar-refractivity contribution in [2.24, 2.45) is 0 Å². The van der Waals surface area contributed by atoms with Gasteiger partial charge in [-0.3, -0.25) is 4.79 Å². The molecule has 1 N–H and O–H groups in total. The van der Waals surface area contributed by atoms with Crippen LogP contribution in [0.4, 0.5) is 0 Å². The summed E-state index contributed by atoms with van der Waals surface area (Å²) in [7, 11) is 1.58. The van der Waals surface area contributed by atoms with Gasteiger partial charge in [0.05, 0.1) is 13.0 Å². The Hall–Kier alpha value is -1.51. The van der Waals surface area contributed by atoms with Crippen LogP contribution in [-0.2, 0) is 4.79 Å². The third-order valence-corrected chi connectivity index (χ3v) is 1.99. The molecule has 1 aromatic rings. The fourth-order valence-electron chi connectivity index (χ4n) is 1.04. The maximum Gasteiger partial charge on any atom is 0.310 e. The minimum absolute atomic E-state index is 0.467. The summed E-state index contributed by atoms with van der Waals surface area (Å²) in [6.45, 7) is 1.66. The highest BCUT2D eigenvalue weighted by molar-refractivity contribution is 5.75. The Balaban J connectivity index is 2.85. The number of methoxy groups -OCH3 is 1. The maximum atomic E-state index is 10.6. The van der Waals surface area contributed by atoms with Crippen molar-refractivity contribution in [2.45, 2.75) is 12.8 Å². The van der Waals surface area contributed by atoms with Gasteiger partial charge < -0.3 is 9.84 Å². The minimum Gasteiger partial charge on any atom is -0.497 e. The Morgan fingerprint density at radius 2 is 1.92 bits per heavy atom. The molecule has 0 aromatic heterocycles. The molecule has 0 radical (unpaired) electrons. The molecule has 0 heterocycles. The van der Waals surface area contributed by atoms with E-state index in [2.05, 4.69) is 0 Å². The summed E-state index contributed by atoms with van der Waals surface area (Å²) in [5.74, 6) is -0.544. The van der Waals surface area contributed by atoms with Gasteiger partial charge in [-0.05, 0) is 24.6 Å². The zero-order valence-corrected chi connectivity index (χ0v) is 7.65. The lowest BCUT2D eigenvalue weighted by Crippen LogP contribution is -2.06. The van der Waals surface area contributed by atoms with Crippen molar-refractivity contribution in [3.63, 3.8) is 0 Å². The van der Waals surface area contributed by atoms with E-state index in [0.29, 0.717) is 0 Å². The number of carbonyl (C=O) groups is 1. The van der Waals surface area contributed by atoms with Crippen LogP contribution in [0, 0.1) is 0 Å². The second kappa shape index (κ2) is 3.94. The Morgan fingerprint density at radius 1 is 1.38 bits per heavy atom. The van der Waals surface area contributed by atoms with Crippen LogP contribution in [0.15, 0.2) is 24.3 Å². The first kappa shape index (κ1) is 9.58. The van der Waals surface area contributed by atoms with Crippen molar-refractivity contribution in [1.82, 2.24) is 0 Å². The van der Waals surface area contributed by atoms with Gasteiger partial charge in [0.1, 0.15) is 5.75 Å². The largest absolute Gasteiger partial charge is 0.497 e. The molecule has 1 atom stereocenters. The minimum atomic E-state index is -0.815. The first-order chi connectivity index (χ1) is 6.15. The molecule has 0 saturated heterocycles. The van der Waals surface area contributed by atoms with E-state index in [4.69, 9.17) is 9.84 Å². The second-order valence-corrected chi connectivity index (χ2v) is 2.83. The van der Waals surface area contributed by atoms with Crippen LogP contribution in [0.5, 0.6) is 5.75 Å². The maximum absolute atomic E-state index is 10.6. The first-order valence-corrected chi connectivity index (χ1v) is 4.02. The molecule has 0 aliphatic carbocycles. The number of ether oxygens (including phenoxy) is 1. The van der Waals surface area contributed by atoms with E-state index >= 15 is 0 Å². The molecule has 13 heavy (non-hydrogen) atoms. The summed E-state index contributed by atoms with van der Waals surface area (Å²) in [5, 5.41) is 8.73. The van der Waals surface area contributed by atoms with Crippen LogP contribution in [-0.4, -0.2) is 18.2 Å². The fraction of sp³-hybridized carbons (Fsp3) is 0.300. The van der Waals surface area contributed by atoms with E-state index in [1.54, 1.807) is 38.3 Å². The van der Waals surface area contributed by atoms with Crippen LogP contribution < -0.4 is 4.74 Å². The second-order valence-electron chi connectivity index (χ2n) is 2.83. The predicted octanol–water partition coefficient (Wildman–Crippen LogP) is 1.88. The molecule has 3 nitrogen and oxygen atoms in total. The molecule has 0 fully saturated rings. The van der Waals surface area contributed by atoms with E-state index in [9.17, 15) is 4.79 Å². The SMILES string of the molecule is COc1ccc([C@H](C)C(=O)O)cc1. The van der Waals surface area contributed by atoms with Crippen molar-refractivity contribution in [2.75, 3.05) is 7.11 Å². The average Bonchev–Trinajstić information content (AvgIpc) is 2.17. The molecule has 0 amide bonds. The summed E-state index contributed by atoms with van der Waals surface area (Å²) in [6.07, 6.45) is 0. The highest BCUT2D eigenvalue weighted by Gasteiger charge is 2.12. The smallest absolute Gasteiger partial charge is 0.310 e. The molecule has 3 heteroatoms. The van der Waals surface area contributed by atoms with Crippen molar-refractivity contribution in [1.29, 1.82) is 0 Å². The first-order valence-electron chi connectivity index (χ1n) is 4.02. The molecule has 0 aliphatic heterocycles. The summed E-state index contributed by atoms with van der Waals surface area (Å²) in [5.41, 5.74) is 0.785. The van der Waals surface area contributed by atoms with Gasteiger partial charge >= 0.3 is 5.97 Å². The molecule has 0 unspecified atom stereocenters. The van der Waals surface area contributed by atoms with Crippen LogP contribution in [0.2, 0.25) is 0 Å². The quantitative estimate of drug-likeness (QED) is 0.772. The van der Waals surface area contributed by atoms with Crippen LogP contribution >= 0.6 is 0 Å². The Morgan fingerprint density at radius 3 is 2.31 bits per heavy atom. The highest BCUT2D eigenvalue weighted by atomic mass is 16.5. The molecular formula is C10H12O3. The number of aliphatic carboxylic acids is 1. The van der Waals surface area contributed by atoms with Crippen LogP contribution in [0.3, 0.4) is 0 Å². The summed E-state index contributed by atoms with van der Waals surface area (Å²) in [4.78, 5) is 10.6. The lowest BCUT2D eigenvalue weighted by molar-refractivity contribution is -0.138. The van der Waals surface area contributed by atoms with Crippen LogP contribution in [0.1, 0.15) is 18.4 Å². The van der Waals surface area contributed by atoms with E-state index in [0.717, 1.165) is 11.3 Å². The molecule has 70 valence electrons. The van der Waals surface area contributed by atoms with Gasteiger partial charge in [0, 0.05) is 0 Å². The van der Waals surface area contributed by atoms with Gasteiger partial charge in [0.25, 0.3) is 0 Å². The topological polar surface area (TPSA) is 46.5 Å². The third kappa shape index (κ3) is 2.21. The summed E-state index contributed by atoms with van der Waals surface area (Å²) in [6, 6.07) is 7.04. The van der Waals surface area contributed by atoms with Gasteiger partial charge in [-0.15, -0.1) is 0 Å². The number of hydrogen-bond acceptors (Lipinski definition) is 2. The Kier molecular flexibility index (Phi) is 2.90. The molecule has 1 aromatic carbocycles. The molecule has 0 aliphatic rings. The predicted molar refractivity (Wildman–Crippen MR) is 49.0 cm³/mol. The third-order valence-electron chi connectivity index (χ3n) is 1.99. The van der Waals surface area contributed by atoms with E-state index in [-0.39, 0.29) is 0 Å². The van der Waals surface area contributed by atoms with Crippen molar-refractivity contribution >= 4 is 5.97 Å². The van der Waals surface area contributed by atoms with E-state index < -0.39 is 11.9 Å². The summed E-state index contributed by atoms with van der Waals surface area (Å²) >= 11 is 0. The van der Waals surface area contributed by atoms with Gasteiger partial charge in [0.15, 0.2) is 0 Å². The number of hydrogen-bond donors (Lipinski definition) is 1. The molecule has 1 rings (SSSR count). The Labute approximate surface area is 77.0 Å². The highest BCUT2D eigenvalue weighted by Crippen LogP contribution is 2.18. The lowest BCUT2D eigenvalue weighted by Gasteiger charge is -2.06. The fourth-order valence-corrected chi connectivity index (χ4v) is 1.04. The molecule has 0 saturated carbocycles. The number of carboxylic acid groups (broad SMARTS) is 1. The zero-order chi connectivity index (χ0) is 9.84. The van der Waals surface area contributed by atoms with Gasteiger partial charge in [-0.2, -0.15) is 0 Å². The van der Waals surface area contributed by atoms with Gasteiger partial charge in [-0.25, -0.2) is 0 Å². The number of benzene rings is 1. The lowest BCUT2D eigenvalue weighted by atomic mass is 10.0. The number of rotatable bonds is 3. The standard InChI is InChI=1S/C10H12O3/c1-7(10(11)12)8-3-5-9(13-2)6-4-8/h3-7H,1-2H3,(H,11,12)/t7-/m0/s1. The van der Waals surface area contributed by atoms with Crippen molar-refractivity contribution in [3.8, 4) is 5.75 Å². The van der Waals surface area contributed by atoms with Gasteiger partial charge in [-0.1, -0.05) is 12.1 Å². The van der Waals surface area contributed by atoms with Crippen molar-refractivity contribution in [3.05, 3.63) is 29.8 Å². The monoisotopic (exact) mass is 180 g/mol. The zero-order valence-electron chi connectivity index (χ0n) is 7.65. The molecule has 0 bridgehead atoms. The van der Waals surface area contributed by atoms with E-state index in [1.165, 1.54) is 0 Å². The summed E-state index contributed by atoms with van der Waals surface area (Å²) < 4.78 is 4.96. The van der Waals surface area contributed by atoms with E-state index in [1.807, 2.05) is 0 Å². The molecular weight excluding hydrogens is 168 g/mol. The van der Waals surface area contributed by atoms with Crippen LogP contribution in [0.25, 0.3) is 0 Å². The normalized spacial score (nSPS) is 12.2. The average molecular weight is 180 g/mol. The van der Waals surface area contributed by atoms with Gasteiger partial charge in [0.2, 0.25) is 0 Å². The molecule has 0 spiro atoms. The van der Waals surface area contributed by atoms with Crippen molar-refractivity contribution < 1.29 is 14.6 Å². The Bertz CT molecular complexity index is 290. The number of carboxylic acids is 1.